The Hall–Kier alpha value is -0.930. The highest BCUT2D eigenvalue weighted by molar-refractivity contribution is 5.09. The highest BCUT2D eigenvalue weighted by atomic mass is 15.1. The third kappa shape index (κ3) is 4.59. The van der Waals surface area contributed by atoms with Crippen molar-refractivity contribution in [1.82, 2.24) is 15.2 Å². The Kier molecular flexibility index (Phi) is 5.80. The van der Waals surface area contributed by atoms with Crippen molar-refractivity contribution < 1.29 is 0 Å². The van der Waals surface area contributed by atoms with Crippen LogP contribution >= 0.6 is 0 Å². The van der Waals surface area contributed by atoms with E-state index in [-0.39, 0.29) is 0 Å². The van der Waals surface area contributed by atoms with Crippen LogP contribution in [0.1, 0.15) is 31.2 Å². The van der Waals surface area contributed by atoms with Crippen LogP contribution in [0.5, 0.6) is 0 Å². The monoisotopic (exact) mass is 261 g/mol. The topological polar surface area (TPSA) is 28.2 Å². The lowest BCUT2D eigenvalue weighted by Crippen LogP contribution is -2.42. The van der Waals surface area contributed by atoms with Gasteiger partial charge in [0, 0.05) is 31.5 Å². The second-order valence-corrected chi connectivity index (χ2v) is 5.81. The zero-order chi connectivity index (χ0) is 13.5. The Bertz CT molecular complexity index is 352. The van der Waals surface area contributed by atoms with E-state index < -0.39 is 0 Å². The van der Waals surface area contributed by atoms with Crippen molar-refractivity contribution in [2.75, 3.05) is 27.2 Å². The summed E-state index contributed by atoms with van der Waals surface area (Å²) in [6.07, 6.45) is 10.4. The summed E-state index contributed by atoms with van der Waals surface area (Å²) in [6.45, 7) is 2.35. The SMILES string of the molecule is CNC1CCCCC1CN(C)CCc1ccncc1. The molecule has 2 unspecified atom stereocenters. The number of hydrogen-bond donors (Lipinski definition) is 1. The summed E-state index contributed by atoms with van der Waals surface area (Å²) in [4.78, 5) is 6.55. The third-order valence-electron chi connectivity index (χ3n) is 4.36. The van der Waals surface area contributed by atoms with Crippen molar-refractivity contribution in [3.8, 4) is 0 Å². The molecule has 0 spiro atoms. The Labute approximate surface area is 117 Å². The van der Waals surface area contributed by atoms with Crippen LogP contribution in [0.3, 0.4) is 0 Å². The van der Waals surface area contributed by atoms with Gasteiger partial charge in [0.1, 0.15) is 0 Å². The molecule has 1 heterocycles. The number of nitrogens with one attached hydrogen (secondary N) is 1. The van der Waals surface area contributed by atoms with Gasteiger partial charge in [0.05, 0.1) is 0 Å². The van der Waals surface area contributed by atoms with Crippen LogP contribution in [-0.4, -0.2) is 43.1 Å². The van der Waals surface area contributed by atoms with Crippen molar-refractivity contribution in [2.24, 2.45) is 5.92 Å². The maximum atomic E-state index is 4.07. The minimum absolute atomic E-state index is 0.720. The van der Waals surface area contributed by atoms with Crippen LogP contribution in [0, 0.1) is 5.92 Å². The molecule has 0 bridgehead atoms. The average Bonchev–Trinajstić information content (AvgIpc) is 2.47. The fourth-order valence-corrected chi connectivity index (χ4v) is 3.17. The van der Waals surface area contributed by atoms with E-state index in [4.69, 9.17) is 0 Å². The lowest BCUT2D eigenvalue weighted by atomic mass is 9.84. The molecular formula is C16H27N3. The summed E-state index contributed by atoms with van der Waals surface area (Å²) in [5.74, 6) is 0.821. The van der Waals surface area contributed by atoms with Crippen molar-refractivity contribution in [3.05, 3.63) is 30.1 Å². The van der Waals surface area contributed by atoms with Crippen molar-refractivity contribution in [1.29, 1.82) is 0 Å². The smallest absolute Gasteiger partial charge is 0.0270 e. The van der Waals surface area contributed by atoms with Gasteiger partial charge in [-0.2, -0.15) is 0 Å². The number of hydrogen-bond acceptors (Lipinski definition) is 3. The third-order valence-corrected chi connectivity index (χ3v) is 4.36. The van der Waals surface area contributed by atoms with E-state index in [1.54, 1.807) is 0 Å². The minimum Gasteiger partial charge on any atom is -0.317 e. The molecule has 1 aliphatic carbocycles. The molecule has 1 aromatic rings. The molecule has 3 nitrogen and oxygen atoms in total. The number of nitrogens with zero attached hydrogens (tertiary/aromatic N) is 2. The van der Waals surface area contributed by atoms with Crippen LogP contribution in [0.4, 0.5) is 0 Å². The molecule has 0 aliphatic heterocycles. The molecule has 2 rings (SSSR count). The van der Waals surface area contributed by atoms with Crippen molar-refractivity contribution in [3.63, 3.8) is 0 Å². The van der Waals surface area contributed by atoms with Gasteiger partial charge in [-0.25, -0.2) is 0 Å². The summed E-state index contributed by atoms with van der Waals surface area (Å²) in [5, 5.41) is 3.50. The second kappa shape index (κ2) is 7.61. The molecule has 0 radical (unpaired) electrons. The standard InChI is InChI=1S/C16H27N3/c1-17-16-6-4-3-5-15(16)13-19(2)12-9-14-7-10-18-11-8-14/h7-8,10-11,15-17H,3-6,9,12-13H2,1-2H3. The predicted molar refractivity (Wildman–Crippen MR) is 80.2 cm³/mol. The largest absolute Gasteiger partial charge is 0.317 e. The summed E-state index contributed by atoms with van der Waals surface area (Å²) >= 11 is 0. The second-order valence-electron chi connectivity index (χ2n) is 5.81. The fourth-order valence-electron chi connectivity index (χ4n) is 3.17. The Morgan fingerprint density at radius 3 is 2.74 bits per heavy atom. The van der Waals surface area contributed by atoms with Gasteiger partial charge >= 0.3 is 0 Å². The van der Waals surface area contributed by atoms with Gasteiger partial charge in [-0.3, -0.25) is 4.98 Å². The first-order valence-electron chi connectivity index (χ1n) is 7.54. The first kappa shape index (κ1) is 14.5. The number of likely N-dealkylation sites (N-methyl/N-ethyl adjacent to an activating group) is 1. The van der Waals surface area contributed by atoms with Crippen LogP contribution < -0.4 is 5.32 Å². The number of aromatic nitrogens is 1. The fraction of sp³-hybridized carbons (Fsp3) is 0.688. The molecule has 1 aromatic heterocycles. The molecule has 1 aliphatic rings. The van der Waals surface area contributed by atoms with E-state index >= 15 is 0 Å². The van der Waals surface area contributed by atoms with Crippen LogP contribution in [0.15, 0.2) is 24.5 Å². The van der Waals surface area contributed by atoms with Gasteiger partial charge in [-0.1, -0.05) is 12.8 Å². The molecule has 1 saturated carbocycles. The van der Waals surface area contributed by atoms with E-state index in [1.807, 2.05) is 12.4 Å². The zero-order valence-electron chi connectivity index (χ0n) is 12.3. The van der Waals surface area contributed by atoms with E-state index in [2.05, 4.69) is 41.4 Å². The first-order valence-corrected chi connectivity index (χ1v) is 7.54. The van der Waals surface area contributed by atoms with E-state index in [9.17, 15) is 0 Å². The summed E-state index contributed by atoms with van der Waals surface area (Å²) in [5.41, 5.74) is 1.38. The highest BCUT2D eigenvalue weighted by Crippen LogP contribution is 2.24. The molecule has 1 fully saturated rings. The molecular weight excluding hydrogens is 234 g/mol. The molecule has 0 amide bonds. The summed E-state index contributed by atoms with van der Waals surface area (Å²) in [6, 6.07) is 4.95. The molecule has 2 atom stereocenters. The molecule has 0 saturated heterocycles. The van der Waals surface area contributed by atoms with Gasteiger partial charge in [-0.05, 0) is 57.0 Å². The molecule has 0 aromatic carbocycles. The molecule has 19 heavy (non-hydrogen) atoms. The van der Waals surface area contributed by atoms with Crippen LogP contribution in [0.2, 0.25) is 0 Å². The quantitative estimate of drug-likeness (QED) is 0.852. The average molecular weight is 261 g/mol. The van der Waals surface area contributed by atoms with Crippen LogP contribution in [-0.2, 0) is 6.42 Å². The number of rotatable bonds is 6. The maximum Gasteiger partial charge on any atom is 0.0270 e. The van der Waals surface area contributed by atoms with E-state index in [0.29, 0.717) is 0 Å². The predicted octanol–water partition coefficient (Wildman–Crippen LogP) is 2.33. The van der Waals surface area contributed by atoms with Gasteiger partial charge < -0.3 is 10.2 Å². The van der Waals surface area contributed by atoms with Gasteiger partial charge in [-0.15, -0.1) is 0 Å². The Balaban J connectivity index is 1.75. The lowest BCUT2D eigenvalue weighted by molar-refractivity contribution is 0.196. The lowest BCUT2D eigenvalue weighted by Gasteiger charge is -2.34. The molecule has 1 N–H and O–H groups in total. The molecule has 3 heteroatoms. The van der Waals surface area contributed by atoms with Crippen molar-refractivity contribution >= 4 is 0 Å². The molecule has 106 valence electrons. The summed E-state index contributed by atoms with van der Waals surface area (Å²) < 4.78 is 0. The highest BCUT2D eigenvalue weighted by Gasteiger charge is 2.24. The van der Waals surface area contributed by atoms with Gasteiger partial charge in [0.15, 0.2) is 0 Å². The Morgan fingerprint density at radius 2 is 2.00 bits per heavy atom. The number of pyridine rings is 1. The van der Waals surface area contributed by atoms with Crippen molar-refractivity contribution in [2.45, 2.75) is 38.1 Å². The summed E-state index contributed by atoms with van der Waals surface area (Å²) in [7, 11) is 4.36. The van der Waals surface area contributed by atoms with E-state index in [1.165, 1.54) is 37.8 Å². The maximum absolute atomic E-state index is 4.07. The Morgan fingerprint density at radius 1 is 1.26 bits per heavy atom. The normalized spacial score (nSPS) is 23.7. The van der Waals surface area contributed by atoms with Gasteiger partial charge in [0.25, 0.3) is 0 Å². The zero-order valence-corrected chi connectivity index (χ0v) is 12.3. The van der Waals surface area contributed by atoms with Crippen LogP contribution in [0.25, 0.3) is 0 Å². The van der Waals surface area contributed by atoms with Gasteiger partial charge in [0.2, 0.25) is 0 Å². The first-order chi connectivity index (χ1) is 9.29. The van der Waals surface area contributed by atoms with E-state index in [0.717, 1.165) is 24.9 Å². The minimum atomic E-state index is 0.720.